The van der Waals surface area contributed by atoms with Gasteiger partial charge in [-0.05, 0) is 43.9 Å². The molecule has 2 aliphatic rings. The van der Waals surface area contributed by atoms with Crippen LogP contribution in [-0.4, -0.2) is 76.3 Å². The van der Waals surface area contributed by atoms with E-state index in [1.54, 1.807) is 12.1 Å². The third-order valence-corrected chi connectivity index (χ3v) is 7.83. The lowest BCUT2D eigenvalue weighted by molar-refractivity contribution is -0.131. The molecule has 0 aromatic heterocycles. The van der Waals surface area contributed by atoms with Crippen molar-refractivity contribution in [1.29, 1.82) is 0 Å². The van der Waals surface area contributed by atoms with Crippen LogP contribution >= 0.6 is 0 Å². The molecular weight excluding hydrogens is 416 g/mol. The van der Waals surface area contributed by atoms with Crippen LogP contribution in [0.3, 0.4) is 0 Å². The molecule has 172 valence electrons. The van der Waals surface area contributed by atoms with E-state index in [0.717, 1.165) is 74.7 Å². The first-order valence-corrected chi connectivity index (χ1v) is 12.6. The average molecular weight is 451 g/mol. The lowest BCUT2D eigenvalue weighted by Crippen LogP contribution is -2.35. The van der Waals surface area contributed by atoms with Gasteiger partial charge in [0.05, 0.1) is 10.5 Å². The second-order valence-corrected chi connectivity index (χ2v) is 10.6. The summed E-state index contributed by atoms with van der Waals surface area (Å²) in [6, 6.07) is 4.73. The fourth-order valence-electron chi connectivity index (χ4n) is 4.16. The summed E-state index contributed by atoms with van der Waals surface area (Å²) in [6.07, 6.45) is 6.72. The zero-order valence-electron chi connectivity index (χ0n) is 18.6. The maximum Gasteiger partial charge on any atom is 0.253 e. The number of sulfonamides is 1. The van der Waals surface area contributed by atoms with E-state index in [9.17, 15) is 18.0 Å². The van der Waals surface area contributed by atoms with Gasteiger partial charge in [0.15, 0.2) is 0 Å². The van der Waals surface area contributed by atoms with Crippen molar-refractivity contribution in [1.82, 2.24) is 14.5 Å². The minimum atomic E-state index is -3.65. The first-order valence-electron chi connectivity index (χ1n) is 11.2. The Morgan fingerprint density at radius 1 is 0.968 bits per heavy atom. The van der Waals surface area contributed by atoms with Gasteiger partial charge in [-0.25, -0.2) is 12.7 Å². The number of rotatable bonds is 7. The molecule has 2 fully saturated rings. The number of carbonyl (C=O) groups is 2. The fourth-order valence-corrected chi connectivity index (χ4v) is 5.09. The van der Waals surface area contributed by atoms with Crippen LogP contribution < -0.4 is 10.2 Å². The molecule has 1 aromatic rings. The van der Waals surface area contributed by atoms with Crippen molar-refractivity contribution in [2.24, 2.45) is 0 Å². The summed E-state index contributed by atoms with van der Waals surface area (Å²) >= 11 is 0. The Balaban J connectivity index is 1.72. The van der Waals surface area contributed by atoms with Gasteiger partial charge in [0, 0.05) is 58.9 Å². The Morgan fingerprint density at radius 2 is 1.58 bits per heavy atom. The highest BCUT2D eigenvalue weighted by Gasteiger charge is 2.25. The predicted molar refractivity (Wildman–Crippen MR) is 121 cm³/mol. The molecule has 2 amide bonds. The molecule has 31 heavy (non-hydrogen) atoms. The molecule has 1 N–H and O–H groups in total. The maximum atomic E-state index is 13.0. The van der Waals surface area contributed by atoms with Crippen LogP contribution in [0.15, 0.2) is 23.1 Å². The molecule has 2 aliphatic heterocycles. The zero-order valence-corrected chi connectivity index (χ0v) is 19.4. The Hall–Kier alpha value is -2.13. The fraction of sp³-hybridized carbons (Fsp3) is 0.636. The van der Waals surface area contributed by atoms with Crippen LogP contribution in [0, 0.1) is 0 Å². The summed E-state index contributed by atoms with van der Waals surface area (Å²) in [4.78, 5) is 29.6. The number of likely N-dealkylation sites (tertiary alicyclic amines) is 1. The summed E-state index contributed by atoms with van der Waals surface area (Å²) in [5.41, 5.74) is 1.08. The van der Waals surface area contributed by atoms with Crippen LogP contribution in [0.4, 0.5) is 5.69 Å². The Labute approximate surface area is 185 Å². The van der Waals surface area contributed by atoms with Gasteiger partial charge in [-0.15, -0.1) is 0 Å². The number of benzene rings is 1. The summed E-state index contributed by atoms with van der Waals surface area (Å²) in [7, 11) is -0.711. The van der Waals surface area contributed by atoms with Crippen LogP contribution in [0.25, 0.3) is 0 Å². The van der Waals surface area contributed by atoms with Crippen molar-refractivity contribution >= 4 is 27.5 Å². The normalized spacial score (nSPS) is 17.6. The van der Waals surface area contributed by atoms with E-state index in [4.69, 9.17) is 0 Å². The summed E-state index contributed by atoms with van der Waals surface area (Å²) < 4.78 is 26.3. The van der Waals surface area contributed by atoms with Gasteiger partial charge in [0.2, 0.25) is 15.9 Å². The highest BCUT2D eigenvalue weighted by molar-refractivity contribution is 7.89. The van der Waals surface area contributed by atoms with E-state index in [0.29, 0.717) is 5.56 Å². The van der Waals surface area contributed by atoms with Crippen molar-refractivity contribution in [2.75, 3.05) is 51.7 Å². The minimum absolute atomic E-state index is 0.0610. The number of nitrogens with zero attached hydrogens (tertiary/aromatic N) is 3. The van der Waals surface area contributed by atoms with Gasteiger partial charge in [-0.1, -0.05) is 12.8 Å². The molecule has 0 spiro atoms. The molecule has 9 heteroatoms. The highest BCUT2D eigenvalue weighted by atomic mass is 32.2. The SMILES string of the molecule is CN(C)S(=O)(=O)c1ccc(N2CCCC2)c(C(=O)NCCC(=O)N2CCCCCC2)c1. The zero-order chi connectivity index (χ0) is 22.4. The monoisotopic (exact) mass is 450 g/mol. The first-order chi connectivity index (χ1) is 14.8. The van der Waals surface area contributed by atoms with Crippen molar-refractivity contribution in [3.8, 4) is 0 Å². The summed E-state index contributed by atoms with van der Waals surface area (Å²) in [5, 5.41) is 2.83. The highest BCUT2D eigenvalue weighted by Crippen LogP contribution is 2.28. The van der Waals surface area contributed by atoms with Crippen molar-refractivity contribution in [3.63, 3.8) is 0 Å². The number of hydrogen-bond acceptors (Lipinski definition) is 5. The molecule has 0 unspecified atom stereocenters. The topological polar surface area (TPSA) is 90.0 Å². The van der Waals surface area contributed by atoms with E-state index in [2.05, 4.69) is 10.2 Å². The minimum Gasteiger partial charge on any atom is -0.371 e. The largest absolute Gasteiger partial charge is 0.371 e. The van der Waals surface area contributed by atoms with Gasteiger partial charge in [0.25, 0.3) is 5.91 Å². The van der Waals surface area contributed by atoms with Gasteiger partial charge < -0.3 is 15.1 Å². The molecule has 0 atom stereocenters. The third kappa shape index (κ3) is 5.77. The number of hydrogen-bond donors (Lipinski definition) is 1. The molecular formula is C22H34N4O4S. The average Bonchev–Trinajstić information content (AvgIpc) is 3.14. The van der Waals surface area contributed by atoms with Crippen LogP contribution in [0.5, 0.6) is 0 Å². The van der Waals surface area contributed by atoms with E-state index in [1.165, 1.54) is 20.2 Å². The molecule has 0 bridgehead atoms. The van der Waals surface area contributed by atoms with E-state index in [1.807, 2.05) is 4.90 Å². The predicted octanol–water partition coefficient (Wildman–Crippen LogP) is 2.06. The quantitative estimate of drug-likeness (QED) is 0.687. The lowest BCUT2D eigenvalue weighted by atomic mass is 10.1. The number of nitrogens with one attached hydrogen (secondary N) is 1. The molecule has 0 saturated carbocycles. The van der Waals surface area contributed by atoms with Gasteiger partial charge in [-0.2, -0.15) is 0 Å². The Bertz CT molecular complexity index is 887. The lowest BCUT2D eigenvalue weighted by Gasteiger charge is -2.23. The van der Waals surface area contributed by atoms with Crippen LogP contribution in [-0.2, 0) is 14.8 Å². The maximum absolute atomic E-state index is 13.0. The van der Waals surface area contributed by atoms with Gasteiger partial charge in [-0.3, -0.25) is 9.59 Å². The molecule has 3 rings (SSSR count). The number of anilines is 1. The molecule has 8 nitrogen and oxygen atoms in total. The van der Waals surface area contributed by atoms with Crippen LogP contribution in [0.2, 0.25) is 0 Å². The Kier molecular flexibility index (Phi) is 7.94. The first kappa shape index (κ1) is 23.5. The van der Waals surface area contributed by atoms with Crippen molar-refractivity contribution in [2.45, 2.75) is 49.8 Å². The van der Waals surface area contributed by atoms with Crippen molar-refractivity contribution < 1.29 is 18.0 Å². The third-order valence-electron chi connectivity index (χ3n) is 6.02. The molecule has 0 aliphatic carbocycles. The van der Waals surface area contributed by atoms with E-state index >= 15 is 0 Å². The summed E-state index contributed by atoms with van der Waals surface area (Å²) in [6.45, 7) is 3.49. The molecule has 2 saturated heterocycles. The summed E-state index contributed by atoms with van der Waals surface area (Å²) in [5.74, 6) is -0.285. The number of amides is 2. The van der Waals surface area contributed by atoms with Crippen LogP contribution in [0.1, 0.15) is 55.3 Å². The molecule has 2 heterocycles. The van der Waals surface area contributed by atoms with E-state index in [-0.39, 0.29) is 29.7 Å². The van der Waals surface area contributed by atoms with Crippen molar-refractivity contribution in [3.05, 3.63) is 23.8 Å². The molecule has 1 aromatic carbocycles. The smallest absolute Gasteiger partial charge is 0.253 e. The number of carbonyl (C=O) groups excluding carboxylic acids is 2. The second-order valence-electron chi connectivity index (χ2n) is 8.46. The van der Waals surface area contributed by atoms with Gasteiger partial charge >= 0.3 is 0 Å². The standard InChI is InChI=1S/C22H34N4O4S/c1-24(2)31(29,30)18-9-10-20(25-13-7-8-14-25)19(17-18)22(28)23-12-11-21(27)26-15-5-3-4-6-16-26/h9-10,17H,3-8,11-16H2,1-2H3,(H,23,28). The van der Waals surface area contributed by atoms with Gasteiger partial charge in [0.1, 0.15) is 0 Å². The Morgan fingerprint density at radius 3 is 2.19 bits per heavy atom. The van der Waals surface area contributed by atoms with E-state index < -0.39 is 10.0 Å². The molecule has 0 radical (unpaired) electrons. The second kappa shape index (κ2) is 10.5.